The van der Waals surface area contributed by atoms with Crippen molar-refractivity contribution >= 4 is 5.82 Å². The molecule has 1 aromatic heterocycles. The molecular weight excluding hydrogens is 133 g/mol. The fourth-order valence-corrected chi connectivity index (χ4v) is 0.239. The molecule has 0 aliphatic heterocycles. The molecular formula is C2H2FN3O3. The number of hydrogen-bond acceptors (Lipinski definition) is 5. The Balaban J connectivity index is 0.000000640. The van der Waals surface area contributed by atoms with Crippen molar-refractivity contribution in [2.24, 2.45) is 0 Å². The molecule has 0 aromatic carbocycles. The molecule has 50 valence electrons. The first-order valence-electron chi connectivity index (χ1n) is 1.72. The Labute approximate surface area is 48.0 Å². The van der Waals surface area contributed by atoms with E-state index in [-0.39, 0.29) is 10.5 Å². The Morgan fingerprint density at radius 1 is 1.78 bits per heavy atom. The van der Waals surface area contributed by atoms with Gasteiger partial charge in [-0.2, -0.15) is 0 Å². The standard InChI is InChI=1S/C2HN3O3.FH/c6-5(7)2-1-8-4-3-2;/h1H;1H. The summed E-state index contributed by atoms with van der Waals surface area (Å²) in [5.74, 6) is -0.370. The fraction of sp³-hybridized carbons (Fsp3) is 0. The molecule has 0 spiro atoms. The van der Waals surface area contributed by atoms with E-state index in [2.05, 4.69) is 14.9 Å². The molecule has 1 aromatic rings. The predicted octanol–water partition coefficient (Wildman–Crippen LogP) is 0.130. The lowest BCUT2D eigenvalue weighted by atomic mass is 10.8. The highest BCUT2D eigenvalue weighted by molar-refractivity contribution is 5.04. The molecule has 6 nitrogen and oxygen atoms in total. The zero-order valence-corrected chi connectivity index (χ0v) is 4.05. The third kappa shape index (κ3) is 1.44. The topological polar surface area (TPSA) is 82.1 Å². The van der Waals surface area contributed by atoms with Crippen LogP contribution in [0.25, 0.3) is 0 Å². The first-order chi connectivity index (χ1) is 3.80. The molecule has 7 heteroatoms. The maximum atomic E-state index is 9.71. The van der Waals surface area contributed by atoms with E-state index in [9.17, 15) is 10.1 Å². The highest BCUT2D eigenvalue weighted by Crippen LogP contribution is 2.00. The number of nitro groups is 1. The Morgan fingerprint density at radius 2 is 2.44 bits per heavy atom. The van der Waals surface area contributed by atoms with Gasteiger partial charge in [0.1, 0.15) is 5.10 Å². The van der Waals surface area contributed by atoms with Crippen LogP contribution < -0.4 is 0 Å². The highest BCUT2D eigenvalue weighted by Gasteiger charge is 2.07. The first-order valence-corrected chi connectivity index (χ1v) is 1.72. The second-order valence-corrected chi connectivity index (χ2v) is 1.02. The minimum atomic E-state index is -0.684. The molecule has 0 saturated heterocycles. The van der Waals surface area contributed by atoms with Gasteiger partial charge in [0.25, 0.3) is 0 Å². The van der Waals surface area contributed by atoms with Crippen molar-refractivity contribution in [2.45, 2.75) is 0 Å². The average molecular weight is 135 g/mol. The largest absolute Gasteiger partial charge is 0.432 e. The van der Waals surface area contributed by atoms with E-state index in [0.717, 1.165) is 6.26 Å². The van der Waals surface area contributed by atoms with Crippen LogP contribution in [0.1, 0.15) is 0 Å². The molecule has 0 fully saturated rings. The van der Waals surface area contributed by atoms with Crippen molar-refractivity contribution in [1.82, 2.24) is 10.4 Å². The van der Waals surface area contributed by atoms with Crippen molar-refractivity contribution in [3.05, 3.63) is 16.4 Å². The van der Waals surface area contributed by atoms with Gasteiger partial charge in [-0.05, 0) is 4.92 Å². The smallest absolute Gasteiger partial charge is 0.358 e. The molecule has 0 saturated carbocycles. The predicted molar refractivity (Wildman–Crippen MR) is 23.5 cm³/mol. The van der Waals surface area contributed by atoms with E-state index in [1.54, 1.807) is 0 Å². The maximum Gasteiger partial charge on any atom is 0.432 e. The number of hydrogen-bond donors (Lipinski definition) is 0. The fourth-order valence-electron chi connectivity index (χ4n) is 0.239. The molecule has 1 heterocycles. The Morgan fingerprint density at radius 3 is 2.67 bits per heavy atom. The summed E-state index contributed by atoms with van der Waals surface area (Å²) in [5.41, 5.74) is 0. The third-order valence-electron chi connectivity index (χ3n) is 0.536. The summed E-state index contributed by atoms with van der Waals surface area (Å²) in [4.78, 5) is 9.02. The van der Waals surface area contributed by atoms with E-state index >= 15 is 0 Å². The van der Waals surface area contributed by atoms with Crippen molar-refractivity contribution in [3.8, 4) is 0 Å². The Bertz CT molecular complexity index is 185. The van der Waals surface area contributed by atoms with Gasteiger partial charge < -0.3 is 14.6 Å². The molecule has 0 aliphatic rings. The van der Waals surface area contributed by atoms with E-state index in [4.69, 9.17) is 0 Å². The van der Waals surface area contributed by atoms with Gasteiger partial charge in [-0.1, -0.05) is 0 Å². The summed E-state index contributed by atoms with van der Waals surface area (Å²) >= 11 is 0. The van der Waals surface area contributed by atoms with Crippen LogP contribution in [0.3, 0.4) is 0 Å². The number of halogens is 1. The summed E-state index contributed by atoms with van der Waals surface area (Å²) in [6, 6.07) is 0. The summed E-state index contributed by atoms with van der Waals surface area (Å²) < 4.78 is 4.07. The molecule has 9 heavy (non-hydrogen) atoms. The van der Waals surface area contributed by atoms with Crippen LogP contribution in [0.5, 0.6) is 0 Å². The second kappa shape index (κ2) is 2.70. The minimum absolute atomic E-state index is 0. The lowest BCUT2D eigenvalue weighted by molar-refractivity contribution is -0.389. The van der Waals surface area contributed by atoms with Gasteiger partial charge in [-0.3, -0.25) is 4.70 Å². The lowest BCUT2D eigenvalue weighted by Crippen LogP contribution is -1.86. The molecule has 0 amide bonds. The molecule has 1 rings (SSSR count). The van der Waals surface area contributed by atoms with Crippen LogP contribution in [0.4, 0.5) is 10.5 Å². The molecule has 0 atom stereocenters. The summed E-state index contributed by atoms with van der Waals surface area (Å²) in [7, 11) is 0. The quantitative estimate of drug-likeness (QED) is 0.403. The summed E-state index contributed by atoms with van der Waals surface area (Å²) in [6.07, 6.45) is 0.861. The monoisotopic (exact) mass is 135 g/mol. The number of nitrogens with zero attached hydrogens (tertiary/aromatic N) is 3. The SMILES string of the molecule is F.O=[N+]([O-])c1conn1. The van der Waals surface area contributed by atoms with E-state index in [1.807, 2.05) is 0 Å². The van der Waals surface area contributed by atoms with E-state index in [1.165, 1.54) is 0 Å². The zero-order chi connectivity index (χ0) is 5.98. The third-order valence-corrected chi connectivity index (χ3v) is 0.536. The van der Waals surface area contributed by atoms with Gasteiger partial charge in [0, 0.05) is 0 Å². The van der Waals surface area contributed by atoms with Gasteiger partial charge in [-0.15, -0.1) is 0 Å². The van der Waals surface area contributed by atoms with Gasteiger partial charge >= 0.3 is 5.82 Å². The molecule has 0 N–H and O–H groups in total. The van der Waals surface area contributed by atoms with Crippen molar-refractivity contribution in [1.29, 1.82) is 0 Å². The number of rotatable bonds is 1. The van der Waals surface area contributed by atoms with Crippen LogP contribution in [0, 0.1) is 10.1 Å². The van der Waals surface area contributed by atoms with Gasteiger partial charge in [0.2, 0.25) is 6.26 Å². The zero-order valence-electron chi connectivity index (χ0n) is 4.05. The summed E-state index contributed by atoms with van der Waals surface area (Å²) in [6.45, 7) is 0. The molecule has 0 bridgehead atoms. The second-order valence-electron chi connectivity index (χ2n) is 1.02. The van der Waals surface area contributed by atoms with Gasteiger partial charge in [0.15, 0.2) is 5.27 Å². The van der Waals surface area contributed by atoms with E-state index < -0.39 is 4.92 Å². The molecule has 0 radical (unpaired) electrons. The Kier molecular flexibility index (Phi) is 2.24. The van der Waals surface area contributed by atoms with Crippen molar-refractivity contribution in [2.75, 3.05) is 0 Å². The Hall–Kier alpha value is -1.53. The van der Waals surface area contributed by atoms with E-state index in [0.29, 0.717) is 0 Å². The van der Waals surface area contributed by atoms with Crippen molar-refractivity contribution in [3.63, 3.8) is 0 Å². The van der Waals surface area contributed by atoms with Crippen LogP contribution in [0.2, 0.25) is 0 Å². The van der Waals surface area contributed by atoms with Crippen LogP contribution in [0.15, 0.2) is 10.8 Å². The average Bonchev–Trinajstić information content (AvgIpc) is 2.12. The minimum Gasteiger partial charge on any atom is -0.358 e. The number of aromatic nitrogens is 2. The van der Waals surface area contributed by atoms with Crippen LogP contribution in [-0.2, 0) is 0 Å². The van der Waals surface area contributed by atoms with Gasteiger partial charge in [-0.25, -0.2) is 0 Å². The lowest BCUT2D eigenvalue weighted by Gasteiger charge is -1.78. The first kappa shape index (κ1) is 7.47. The normalized spacial score (nSPS) is 8.00. The highest BCUT2D eigenvalue weighted by atomic mass is 19.0. The van der Waals surface area contributed by atoms with Crippen LogP contribution in [-0.4, -0.2) is 15.3 Å². The maximum absolute atomic E-state index is 9.71. The summed E-state index contributed by atoms with van der Waals surface area (Å²) in [5, 5.41) is 15.6. The van der Waals surface area contributed by atoms with Crippen LogP contribution >= 0.6 is 0 Å². The van der Waals surface area contributed by atoms with Crippen molar-refractivity contribution < 1.29 is 14.2 Å². The van der Waals surface area contributed by atoms with Gasteiger partial charge in [0.05, 0.1) is 0 Å². The molecule has 0 unspecified atom stereocenters. The molecule has 0 aliphatic carbocycles.